The maximum Gasteiger partial charge on any atom is 1.00 e. The van der Waals surface area contributed by atoms with Gasteiger partial charge in [-0.25, -0.2) is 0 Å². The first-order valence-corrected chi connectivity index (χ1v) is 4.23. The van der Waals surface area contributed by atoms with E-state index in [1.807, 2.05) is 0 Å². The molecule has 0 amide bonds. The number of hydrogen-bond acceptors (Lipinski definition) is 3. The Balaban J connectivity index is 0. The van der Waals surface area contributed by atoms with Gasteiger partial charge in [0.15, 0.2) is 0 Å². The number of morpholine rings is 1. The van der Waals surface area contributed by atoms with Gasteiger partial charge in [-0.05, 0) is 0 Å². The second-order valence-electron chi connectivity index (χ2n) is 3.15. The molecule has 0 aliphatic carbocycles. The first-order valence-electron chi connectivity index (χ1n) is 4.23. The van der Waals surface area contributed by atoms with Crippen LogP contribution in [-0.2, 0) is 9.53 Å². The molecule has 0 aromatic carbocycles. The third kappa shape index (κ3) is 5.78. The van der Waals surface area contributed by atoms with Gasteiger partial charge in [-0.3, -0.25) is 9.69 Å². The van der Waals surface area contributed by atoms with E-state index in [1.165, 1.54) is 0 Å². The third-order valence-corrected chi connectivity index (χ3v) is 2.06. The van der Waals surface area contributed by atoms with E-state index in [0.717, 1.165) is 26.3 Å². The normalized spacial score (nSPS) is 20.4. The van der Waals surface area contributed by atoms with Crippen LogP contribution in [0.4, 0.5) is 0 Å². The van der Waals surface area contributed by atoms with Crippen molar-refractivity contribution in [1.29, 1.82) is 0 Å². The van der Waals surface area contributed by atoms with Gasteiger partial charge in [-0.1, -0.05) is 6.92 Å². The molecule has 0 spiro atoms. The number of aliphatic carboxylic acids is 1. The predicted molar refractivity (Wildman–Crippen MR) is 45.2 cm³/mol. The number of ether oxygens (including phenoxy) is 1. The monoisotopic (exact) mass is 307 g/mol. The molecule has 1 aliphatic rings. The summed E-state index contributed by atoms with van der Waals surface area (Å²) in [6, 6.07) is 0. The third-order valence-electron chi connectivity index (χ3n) is 2.06. The molecule has 1 N–H and O–H groups in total. The van der Waals surface area contributed by atoms with E-state index < -0.39 is 5.97 Å². The Kier molecular flexibility index (Phi) is 8.55. The van der Waals surface area contributed by atoms with Gasteiger partial charge in [0, 0.05) is 19.6 Å². The number of rotatable bonds is 3. The Morgan fingerprint density at radius 3 is 2.62 bits per heavy atom. The molecule has 1 atom stereocenters. The van der Waals surface area contributed by atoms with Crippen LogP contribution in [0.2, 0.25) is 0 Å². The van der Waals surface area contributed by atoms with Crippen LogP contribution in [-0.4, -0.2) is 48.8 Å². The molecule has 1 aliphatic heterocycles. The van der Waals surface area contributed by atoms with Crippen LogP contribution in [0.3, 0.4) is 0 Å². The number of carboxylic acids is 1. The zero-order valence-corrected chi connectivity index (χ0v) is 14.6. The van der Waals surface area contributed by atoms with Crippen molar-refractivity contribution < 1.29 is 85.0 Å². The van der Waals surface area contributed by atoms with Gasteiger partial charge in [0.1, 0.15) is 0 Å². The fourth-order valence-electron chi connectivity index (χ4n) is 1.25. The Morgan fingerprint density at radius 2 is 2.15 bits per heavy atom. The molecule has 0 bridgehead atoms. The van der Waals surface area contributed by atoms with Crippen molar-refractivity contribution in [3.63, 3.8) is 0 Å². The average molecular weight is 307 g/mol. The predicted octanol–water partition coefficient (Wildman–Crippen LogP) is -2.84. The van der Waals surface area contributed by atoms with Crippen molar-refractivity contribution in [2.24, 2.45) is 5.92 Å². The fraction of sp³-hybridized carbons (Fsp3) is 0.875. The second kappa shape index (κ2) is 7.70. The minimum Gasteiger partial charge on any atom is -1.00 e. The Bertz CT molecular complexity index is 165. The SMILES string of the molecule is CC(CN1CCOCC1)C(=O)O.[Cs+].[H-]. The van der Waals surface area contributed by atoms with E-state index in [4.69, 9.17) is 9.84 Å². The molecular formula is C8H16CsNO3. The van der Waals surface area contributed by atoms with Gasteiger partial charge in [-0.2, -0.15) is 0 Å². The van der Waals surface area contributed by atoms with E-state index in [0.29, 0.717) is 6.54 Å². The molecule has 0 aromatic rings. The van der Waals surface area contributed by atoms with Crippen molar-refractivity contribution in [3.05, 3.63) is 0 Å². The van der Waals surface area contributed by atoms with Crippen LogP contribution in [0.25, 0.3) is 0 Å². The van der Waals surface area contributed by atoms with Gasteiger partial charge in [0.05, 0.1) is 19.1 Å². The van der Waals surface area contributed by atoms with Crippen molar-refractivity contribution in [2.45, 2.75) is 6.92 Å². The average Bonchev–Trinajstić information content (AvgIpc) is 2.06. The quantitative estimate of drug-likeness (QED) is 0.610. The van der Waals surface area contributed by atoms with Crippen LogP contribution < -0.4 is 68.9 Å². The van der Waals surface area contributed by atoms with Crippen molar-refractivity contribution >= 4 is 5.97 Å². The molecule has 1 fully saturated rings. The summed E-state index contributed by atoms with van der Waals surface area (Å²) in [6.07, 6.45) is 0. The second-order valence-corrected chi connectivity index (χ2v) is 3.15. The fourth-order valence-corrected chi connectivity index (χ4v) is 1.25. The molecular weight excluding hydrogens is 291 g/mol. The van der Waals surface area contributed by atoms with Crippen molar-refractivity contribution in [3.8, 4) is 0 Å². The van der Waals surface area contributed by atoms with Gasteiger partial charge in [-0.15, -0.1) is 0 Å². The molecule has 1 rings (SSSR count). The van der Waals surface area contributed by atoms with Crippen LogP contribution in [0.5, 0.6) is 0 Å². The van der Waals surface area contributed by atoms with Crippen LogP contribution in [0.15, 0.2) is 0 Å². The van der Waals surface area contributed by atoms with Crippen LogP contribution in [0, 0.1) is 5.92 Å². The number of carbonyl (C=O) groups is 1. The smallest absolute Gasteiger partial charge is 1.00 e. The minimum atomic E-state index is -0.721. The van der Waals surface area contributed by atoms with Crippen LogP contribution >= 0.6 is 0 Å². The van der Waals surface area contributed by atoms with Crippen LogP contribution in [0.1, 0.15) is 8.35 Å². The van der Waals surface area contributed by atoms with Gasteiger partial charge in [0.2, 0.25) is 0 Å². The van der Waals surface area contributed by atoms with E-state index >= 15 is 0 Å². The Morgan fingerprint density at radius 1 is 1.62 bits per heavy atom. The molecule has 1 saturated heterocycles. The zero-order valence-electron chi connectivity index (χ0n) is 9.32. The topological polar surface area (TPSA) is 49.8 Å². The molecule has 5 heteroatoms. The standard InChI is InChI=1S/C8H15NO3.Cs.H/c1-7(8(10)11)6-9-2-4-12-5-3-9;;/h7H,2-6H2,1H3,(H,10,11);;/q;+1;-1. The summed E-state index contributed by atoms with van der Waals surface area (Å²) in [6.45, 7) is 5.55. The summed E-state index contributed by atoms with van der Waals surface area (Å²) in [4.78, 5) is 12.6. The molecule has 13 heavy (non-hydrogen) atoms. The number of hydrogen-bond donors (Lipinski definition) is 1. The molecule has 0 saturated carbocycles. The van der Waals surface area contributed by atoms with Crippen molar-refractivity contribution in [2.75, 3.05) is 32.8 Å². The molecule has 0 aromatic heterocycles. The number of carboxylic acid groups (broad SMARTS) is 1. The zero-order chi connectivity index (χ0) is 8.97. The van der Waals surface area contributed by atoms with Gasteiger partial charge in [0.25, 0.3) is 0 Å². The van der Waals surface area contributed by atoms with E-state index in [2.05, 4.69) is 4.90 Å². The van der Waals surface area contributed by atoms with Gasteiger partial charge < -0.3 is 11.3 Å². The summed E-state index contributed by atoms with van der Waals surface area (Å²) in [5.41, 5.74) is 0. The maximum absolute atomic E-state index is 10.5. The molecule has 4 nitrogen and oxygen atoms in total. The molecule has 1 heterocycles. The number of nitrogens with zero attached hydrogens (tertiary/aromatic N) is 1. The minimum absolute atomic E-state index is 0. The van der Waals surface area contributed by atoms with E-state index in [1.54, 1.807) is 6.92 Å². The maximum atomic E-state index is 10.5. The van der Waals surface area contributed by atoms with E-state index in [9.17, 15) is 4.79 Å². The largest absolute Gasteiger partial charge is 1.00 e. The molecule has 0 radical (unpaired) electrons. The summed E-state index contributed by atoms with van der Waals surface area (Å²) >= 11 is 0. The Labute approximate surface area is 139 Å². The Hall–Kier alpha value is 1.44. The summed E-state index contributed by atoms with van der Waals surface area (Å²) in [5, 5.41) is 8.65. The first-order chi connectivity index (χ1) is 5.70. The molecule has 72 valence electrons. The first kappa shape index (κ1) is 14.4. The molecule has 1 unspecified atom stereocenters. The summed E-state index contributed by atoms with van der Waals surface area (Å²) in [5.74, 6) is -0.996. The van der Waals surface area contributed by atoms with E-state index in [-0.39, 0.29) is 76.2 Å². The van der Waals surface area contributed by atoms with Crippen molar-refractivity contribution in [1.82, 2.24) is 4.90 Å². The summed E-state index contributed by atoms with van der Waals surface area (Å²) < 4.78 is 5.15. The summed E-state index contributed by atoms with van der Waals surface area (Å²) in [7, 11) is 0. The van der Waals surface area contributed by atoms with Gasteiger partial charge >= 0.3 is 74.9 Å².